The van der Waals surface area contributed by atoms with Gasteiger partial charge in [-0.3, -0.25) is 4.18 Å². The number of hydrogen-bond acceptors (Lipinski definition) is 5. The van der Waals surface area contributed by atoms with E-state index in [0.29, 0.717) is 26.2 Å². The zero-order chi connectivity index (χ0) is 20.2. The highest BCUT2D eigenvalue weighted by atomic mass is 32.2. The molecule has 6 heteroatoms. The van der Waals surface area contributed by atoms with Crippen molar-refractivity contribution in [1.82, 2.24) is 0 Å². The quantitative estimate of drug-likeness (QED) is 0.245. The molecule has 0 radical (unpaired) electrons. The van der Waals surface area contributed by atoms with Crippen molar-refractivity contribution in [3.05, 3.63) is 29.8 Å². The Bertz CT molecular complexity index is 618. The van der Waals surface area contributed by atoms with E-state index in [9.17, 15) is 8.42 Å². The standard InChI is InChI=1S/C20H34O5S/c1-4-5-10-19(11-8-6-7-9-16-24-17-23-3)25-26(21,22)20-14-12-18(2)13-15-20/h12-15,19H,4-11,16-17H2,1-3H3/i19D. The Morgan fingerprint density at radius 2 is 1.69 bits per heavy atom. The molecule has 150 valence electrons. The van der Waals surface area contributed by atoms with E-state index >= 15 is 0 Å². The summed E-state index contributed by atoms with van der Waals surface area (Å²) >= 11 is 0. The average molecular weight is 388 g/mol. The van der Waals surface area contributed by atoms with E-state index in [2.05, 4.69) is 0 Å². The van der Waals surface area contributed by atoms with Gasteiger partial charge in [0.1, 0.15) is 6.79 Å². The molecule has 0 bridgehead atoms. The Balaban J connectivity index is 2.57. The lowest BCUT2D eigenvalue weighted by Crippen LogP contribution is -2.19. The molecule has 5 nitrogen and oxygen atoms in total. The maximum atomic E-state index is 12.6. The fourth-order valence-electron chi connectivity index (χ4n) is 2.51. The van der Waals surface area contributed by atoms with Crippen LogP contribution in [0.2, 0.25) is 0 Å². The summed E-state index contributed by atoms with van der Waals surface area (Å²) in [6.45, 7) is 4.87. The SMILES string of the molecule is [2H]C(CCCC)(CCCCCCOCOC)OS(=O)(=O)c1ccc(C)cc1. The number of benzene rings is 1. The lowest BCUT2D eigenvalue weighted by atomic mass is 10.0. The van der Waals surface area contributed by atoms with E-state index in [1.165, 1.54) is 12.1 Å². The summed E-state index contributed by atoms with van der Waals surface area (Å²) in [6, 6.07) is 6.54. The first-order valence-electron chi connectivity index (χ1n) is 9.92. The number of methoxy groups -OCH3 is 1. The highest BCUT2D eigenvalue weighted by Crippen LogP contribution is 2.21. The van der Waals surface area contributed by atoms with Crippen LogP contribution in [-0.4, -0.2) is 35.0 Å². The van der Waals surface area contributed by atoms with Crippen LogP contribution < -0.4 is 0 Å². The van der Waals surface area contributed by atoms with Crippen molar-refractivity contribution in [3.63, 3.8) is 0 Å². The minimum Gasteiger partial charge on any atom is -0.359 e. The molecule has 0 fully saturated rings. The molecule has 0 spiro atoms. The molecule has 1 aromatic carbocycles. The first kappa shape index (κ1) is 21.4. The minimum atomic E-state index is -3.94. The zero-order valence-corrected chi connectivity index (χ0v) is 17.1. The van der Waals surface area contributed by atoms with E-state index in [1.807, 2.05) is 13.8 Å². The largest absolute Gasteiger partial charge is 0.359 e. The third-order valence-electron chi connectivity index (χ3n) is 4.04. The summed E-state index contributed by atoms with van der Waals surface area (Å²) in [5, 5.41) is 0. The summed E-state index contributed by atoms with van der Waals surface area (Å²) in [4.78, 5) is 0.108. The second-order valence-electron chi connectivity index (χ2n) is 6.47. The van der Waals surface area contributed by atoms with Crippen molar-refractivity contribution < 1.29 is 23.4 Å². The van der Waals surface area contributed by atoms with Crippen LogP contribution in [0.1, 0.15) is 65.2 Å². The predicted octanol–water partition coefficient (Wildman–Crippen LogP) is 4.83. The van der Waals surface area contributed by atoms with Crippen molar-refractivity contribution in [3.8, 4) is 0 Å². The van der Waals surface area contributed by atoms with Crippen LogP contribution in [-0.2, 0) is 23.8 Å². The molecule has 1 atom stereocenters. The van der Waals surface area contributed by atoms with E-state index < -0.39 is 16.2 Å². The third-order valence-corrected chi connectivity index (χ3v) is 5.35. The van der Waals surface area contributed by atoms with Gasteiger partial charge in [-0.25, -0.2) is 0 Å². The van der Waals surface area contributed by atoms with Gasteiger partial charge in [0.25, 0.3) is 10.1 Å². The van der Waals surface area contributed by atoms with Crippen LogP contribution in [0.3, 0.4) is 0 Å². The normalized spacial score (nSPS) is 14.8. The molecule has 0 aromatic heterocycles. The summed E-state index contributed by atoms with van der Waals surface area (Å²) in [6.07, 6.45) is 4.61. The summed E-state index contributed by atoms with van der Waals surface area (Å²) in [5.41, 5.74) is 0.978. The average Bonchev–Trinajstić information content (AvgIpc) is 2.62. The predicted molar refractivity (Wildman–Crippen MR) is 104 cm³/mol. The number of hydrogen-bond donors (Lipinski definition) is 0. The lowest BCUT2D eigenvalue weighted by Gasteiger charge is -2.17. The van der Waals surface area contributed by atoms with Gasteiger partial charge < -0.3 is 9.47 Å². The summed E-state index contributed by atoms with van der Waals surface area (Å²) in [5.74, 6) is 0. The molecule has 26 heavy (non-hydrogen) atoms. The van der Waals surface area contributed by atoms with Gasteiger partial charge in [-0.05, 0) is 38.3 Å². The van der Waals surface area contributed by atoms with Gasteiger partial charge in [-0.2, -0.15) is 8.42 Å². The monoisotopic (exact) mass is 387 g/mol. The Morgan fingerprint density at radius 3 is 2.35 bits per heavy atom. The third kappa shape index (κ3) is 9.67. The van der Waals surface area contributed by atoms with Crippen molar-refractivity contribution in [2.24, 2.45) is 0 Å². The van der Waals surface area contributed by atoms with Crippen LogP contribution in [0.5, 0.6) is 0 Å². The van der Waals surface area contributed by atoms with Crippen molar-refractivity contribution in [1.29, 1.82) is 0 Å². The fourth-order valence-corrected chi connectivity index (χ4v) is 3.56. The molecule has 0 N–H and O–H groups in total. The molecule has 0 aliphatic carbocycles. The molecule has 1 aromatic rings. The van der Waals surface area contributed by atoms with Gasteiger partial charge in [0.2, 0.25) is 0 Å². The lowest BCUT2D eigenvalue weighted by molar-refractivity contribution is -0.0315. The maximum absolute atomic E-state index is 12.6. The number of rotatable bonds is 15. The minimum absolute atomic E-state index is 0.108. The molecule has 0 aliphatic rings. The zero-order valence-electron chi connectivity index (χ0n) is 17.3. The van der Waals surface area contributed by atoms with Crippen LogP contribution in [0.15, 0.2) is 29.2 Å². The van der Waals surface area contributed by atoms with E-state index in [-0.39, 0.29) is 4.90 Å². The molecular weight excluding hydrogens is 352 g/mol. The molecule has 1 rings (SSSR count). The Labute approximate surface area is 160 Å². The molecule has 0 saturated heterocycles. The summed E-state index contributed by atoms with van der Waals surface area (Å²) in [7, 11) is -2.35. The number of ether oxygens (including phenoxy) is 2. The molecule has 0 aliphatic heterocycles. The fraction of sp³-hybridized carbons (Fsp3) is 0.700. The second kappa shape index (κ2) is 13.3. The topological polar surface area (TPSA) is 61.8 Å². The molecule has 0 saturated carbocycles. The van der Waals surface area contributed by atoms with Gasteiger partial charge in [0.15, 0.2) is 0 Å². The second-order valence-corrected chi connectivity index (χ2v) is 8.02. The highest BCUT2D eigenvalue weighted by Gasteiger charge is 2.21. The van der Waals surface area contributed by atoms with E-state index in [1.54, 1.807) is 19.2 Å². The van der Waals surface area contributed by atoms with Crippen LogP contribution in [0.4, 0.5) is 0 Å². The number of aryl methyl sites for hydroxylation is 1. The molecule has 0 heterocycles. The highest BCUT2D eigenvalue weighted by molar-refractivity contribution is 7.86. The van der Waals surface area contributed by atoms with Crippen molar-refractivity contribution >= 4 is 10.1 Å². The molecule has 0 amide bonds. The van der Waals surface area contributed by atoms with Crippen LogP contribution in [0.25, 0.3) is 0 Å². The van der Waals surface area contributed by atoms with E-state index in [0.717, 1.165) is 44.1 Å². The Morgan fingerprint density at radius 1 is 1.04 bits per heavy atom. The van der Waals surface area contributed by atoms with Crippen LogP contribution in [0, 0.1) is 6.92 Å². The molecular formula is C20H34O5S. The van der Waals surface area contributed by atoms with Crippen LogP contribution >= 0.6 is 0 Å². The Hall–Kier alpha value is -0.950. The Kier molecular flexibility index (Phi) is 10.9. The maximum Gasteiger partial charge on any atom is 0.297 e. The molecule has 1 unspecified atom stereocenters. The van der Waals surface area contributed by atoms with Gasteiger partial charge in [0.05, 0.1) is 12.3 Å². The van der Waals surface area contributed by atoms with E-state index in [4.69, 9.17) is 15.0 Å². The van der Waals surface area contributed by atoms with Crippen molar-refractivity contribution in [2.75, 3.05) is 20.5 Å². The van der Waals surface area contributed by atoms with Gasteiger partial charge in [-0.1, -0.05) is 56.7 Å². The van der Waals surface area contributed by atoms with Crippen molar-refractivity contribution in [2.45, 2.75) is 76.2 Å². The summed E-state index contributed by atoms with van der Waals surface area (Å²) < 4.78 is 49.2. The first-order valence-corrected chi connectivity index (χ1v) is 10.8. The van der Waals surface area contributed by atoms with Gasteiger partial charge >= 0.3 is 0 Å². The van der Waals surface area contributed by atoms with Gasteiger partial charge in [0, 0.05) is 13.7 Å². The van der Waals surface area contributed by atoms with Gasteiger partial charge in [-0.15, -0.1) is 0 Å². The first-order chi connectivity index (χ1) is 12.8. The number of unbranched alkanes of at least 4 members (excludes halogenated alkanes) is 4. The smallest absolute Gasteiger partial charge is 0.297 e.